The highest BCUT2D eigenvalue weighted by Crippen LogP contribution is 2.72. The molecule has 4 saturated carbocycles. The van der Waals surface area contributed by atoms with Gasteiger partial charge in [0.2, 0.25) is 11.8 Å². The van der Waals surface area contributed by atoms with Crippen LogP contribution in [0.1, 0.15) is 145 Å². The number of nitrogens with zero attached hydrogens (tertiary/aromatic N) is 7. The molecule has 4 aliphatic carbocycles. The topological polar surface area (TPSA) is 336 Å². The molecule has 0 spiro atoms. The van der Waals surface area contributed by atoms with Crippen LogP contribution >= 0.6 is 11.3 Å². The molecule has 25 nitrogen and oxygen atoms in total. The summed E-state index contributed by atoms with van der Waals surface area (Å²) < 4.78 is 49.7. The second-order valence-corrected chi connectivity index (χ2v) is 32.0. The number of amides is 7. The van der Waals surface area contributed by atoms with Gasteiger partial charge >= 0.3 is 18.1 Å². The van der Waals surface area contributed by atoms with Crippen LogP contribution in [-0.2, 0) is 74.4 Å². The number of anilines is 2. The number of ether oxygens (including phenoxy) is 2. The largest absolute Gasteiger partial charge is 0.476 e. The van der Waals surface area contributed by atoms with E-state index in [2.05, 4.69) is 34.8 Å². The van der Waals surface area contributed by atoms with Gasteiger partial charge in [-0.15, -0.1) is 0 Å². The van der Waals surface area contributed by atoms with Gasteiger partial charge in [0.1, 0.15) is 24.2 Å². The third-order valence-corrected chi connectivity index (χ3v) is 22.2. The number of likely N-dealkylation sites (N-methyl/N-ethyl adjacent to an activating group) is 1. The fourth-order valence-electron chi connectivity index (χ4n) is 16.8. The molecule has 12 rings (SSSR count). The minimum atomic E-state index is -4.80. The molecule has 5 N–H and O–H groups in total. The number of unbranched alkanes of at least 4 members (excludes halogenated alkanes) is 2. The molecule has 4 fully saturated rings. The number of aromatic carboxylic acids is 1. The van der Waals surface area contributed by atoms with E-state index in [9.17, 15) is 61.2 Å². The van der Waals surface area contributed by atoms with Crippen LogP contribution in [0.25, 0.3) is 32.6 Å². The van der Waals surface area contributed by atoms with Crippen LogP contribution in [0.5, 0.6) is 0 Å². The third-order valence-electron chi connectivity index (χ3n) is 20.5. The maximum Gasteiger partial charge on any atom is 0.408 e. The van der Waals surface area contributed by atoms with Gasteiger partial charge in [0.25, 0.3) is 21.9 Å². The standard InChI is InChI=1S/C74H88N10O15S2/c1-45(2)54(34-52(85)15-9-8-12-28-83-62(87)26-27-63(83)88)65(89)76-46(3)60(86)32-48-18-20-49(21-19-48)36-98-70(94)79-58(37-101(95,96)97)66(90)81(7)30-31-99-74-41-71(5)38-72(6,42-74)40-73(39-71,43-74)44-84-47(4)55(35-75-84)53-24-25-56(77-64(53)67(91)92)51-23-22-50-14-13-29-82(59(50)33-51)69(93)80-68-78-57-16-10-11-17-61(57)100-68/h10-11,16-27,33,35,45-46,54,58H,8-9,12-15,28-32,34,36-44H2,1-7H3,(H,76,89)(H,79,94)(H,91,92)(H,78,80,93)(H,95,96,97)/t46-,54-,58-,71?,72?,73?,74?/m0/s1. The SMILES string of the molecule is Cc1c(-c2ccc(-c3ccc4c(c3)N(C(=O)Nc3nc5ccccc5s3)CCC4)nc2C(=O)O)cnn1CC12CC3(C)CC(C)(C1)CC(OCCN(C)C(=O)[C@H](CS(=O)(=O)O)NC(=O)OCc1ccc(CC(=O)[C@H](C)NC(=O)[C@@H](CC(=O)CCCCCN4C(=O)C=CC4=O)C(C)C)cc1)(C3)C2. The fourth-order valence-corrected chi connectivity index (χ4v) is 18.3. The van der Waals surface area contributed by atoms with Gasteiger partial charge in [-0.1, -0.05) is 94.0 Å². The van der Waals surface area contributed by atoms with Gasteiger partial charge in [0, 0.05) is 98.6 Å². The van der Waals surface area contributed by atoms with E-state index < -0.39 is 63.4 Å². The molecule has 5 heterocycles. The summed E-state index contributed by atoms with van der Waals surface area (Å²) in [5.41, 5.74) is 5.36. The predicted molar refractivity (Wildman–Crippen MR) is 378 cm³/mol. The molecule has 3 aromatic heterocycles. The highest BCUT2D eigenvalue weighted by Gasteiger charge is 2.66. The summed E-state index contributed by atoms with van der Waals surface area (Å²) >= 11 is 1.40. The summed E-state index contributed by atoms with van der Waals surface area (Å²) in [5.74, 6) is -5.47. The smallest absolute Gasteiger partial charge is 0.408 e. The maximum atomic E-state index is 14.0. The summed E-state index contributed by atoms with van der Waals surface area (Å²) in [6, 6.07) is 20.7. The van der Waals surface area contributed by atoms with Crippen molar-refractivity contribution < 1.29 is 70.7 Å². The van der Waals surface area contributed by atoms with Crippen LogP contribution in [0.4, 0.5) is 20.4 Å². The molecular formula is C74H88N10O15S2. The zero-order valence-corrected chi connectivity index (χ0v) is 59.7. The van der Waals surface area contributed by atoms with Crippen LogP contribution in [-0.4, -0.2) is 158 Å². The first-order valence-corrected chi connectivity index (χ1v) is 36.9. The Hall–Kier alpha value is -9.05. The van der Waals surface area contributed by atoms with Crippen molar-refractivity contribution >= 4 is 95.8 Å². The van der Waals surface area contributed by atoms with Gasteiger partial charge in [0.05, 0.1) is 40.4 Å². The average Bonchev–Trinajstić information content (AvgIpc) is 0.923. The van der Waals surface area contributed by atoms with E-state index in [0.29, 0.717) is 77.4 Å². The number of hydrogen-bond acceptors (Lipinski definition) is 17. The molecule has 27 heteroatoms. The Morgan fingerprint density at radius 3 is 2.23 bits per heavy atom. The number of alkyl carbamates (subject to hydrolysis) is 1. The van der Waals surface area contributed by atoms with Crippen molar-refractivity contribution in [1.82, 2.24) is 40.2 Å². The Labute approximate surface area is 590 Å². The van der Waals surface area contributed by atoms with E-state index in [1.165, 1.54) is 35.4 Å². The van der Waals surface area contributed by atoms with Crippen LogP contribution in [0.15, 0.2) is 97.2 Å². The van der Waals surface area contributed by atoms with E-state index in [1.807, 2.05) is 67.9 Å². The molecule has 0 saturated heterocycles. The number of fused-ring (bicyclic) bond motifs is 2. The molecule has 536 valence electrons. The van der Waals surface area contributed by atoms with Crippen molar-refractivity contribution in [3.8, 4) is 22.4 Å². The van der Waals surface area contributed by atoms with Crippen molar-refractivity contribution in [3.63, 3.8) is 0 Å². The van der Waals surface area contributed by atoms with Crippen molar-refractivity contribution in [2.24, 2.45) is 28.1 Å². The number of urea groups is 1. The monoisotopic (exact) mass is 1420 g/mol. The lowest BCUT2D eigenvalue weighted by atomic mass is 9.39. The van der Waals surface area contributed by atoms with E-state index in [4.69, 9.17) is 19.6 Å². The number of hydrogen-bond donors (Lipinski definition) is 5. The first-order valence-electron chi connectivity index (χ1n) is 34.5. The van der Waals surface area contributed by atoms with Gasteiger partial charge in [-0.05, 0) is 147 Å². The Bertz CT molecular complexity index is 4310. The van der Waals surface area contributed by atoms with E-state index >= 15 is 0 Å². The third kappa shape index (κ3) is 17.3. The number of carboxylic acids is 1. The number of nitrogens with one attached hydrogen (secondary N) is 3. The minimum Gasteiger partial charge on any atom is -0.476 e. The minimum absolute atomic E-state index is 0.00403. The second kappa shape index (κ2) is 29.9. The first-order chi connectivity index (χ1) is 47.9. The molecule has 0 radical (unpaired) electrons. The average molecular weight is 1420 g/mol. The lowest BCUT2D eigenvalue weighted by Crippen LogP contribution is -2.64. The Balaban J connectivity index is 0.662. The summed E-state index contributed by atoms with van der Waals surface area (Å²) in [5, 5.41) is 24.2. The Morgan fingerprint density at radius 2 is 1.53 bits per heavy atom. The van der Waals surface area contributed by atoms with Crippen molar-refractivity contribution in [2.75, 3.05) is 49.3 Å². The number of carbonyl (C=O) groups excluding carboxylic acids is 8. The summed E-state index contributed by atoms with van der Waals surface area (Å²) in [7, 11) is -3.34. The Morgan fingerprint density at radius 1 is 0.822 bits per heavy atom. The molecule has 2 aliphatic heterocycles. The quantitative estimate of drug-likeness (QED) is 0.0159. The number of thiazole rings is 1. The maximum absolute atomic E-state index is 14.0. The Kier molecular flexibility index (Phi) is 21.6. The fraction of sp³-hybridized carbons (Fsp3) is 0.486. The van der Waals surface area contributed by atoms with Crippen LogP contribution < -0.4 is 20.9 Å². The molecule has 4 bridgehead atoms. The number of carboxylic acid groups (broad SMARTS) is 1. The van der Waals surface area contributed by atoms with Crippen LogP contribution in [0.2, 0.25) is 0 Å². The van der Waals surface area contributed by atoms with E-state index in [1.54, 1.807) is 54.4 Å². The molecule has 101 heavy (non-hydrogen) atoms. The highest BCUT2D eigenvalue weighted by molar-refractivity contribution is 7.85. The number of Topliss-reactive ketones (excluding diaryl/α,β-unsaturated/α-hetero) is 2. The number of rotatable bonds is 30. The van der Waals surface area contributed by atoms with Crippen molar-refractivity contribution in [3.05, 3.63) is 125 Å². The number of aromatic nitrogens is 4. The predicted octanol–water partition coefficient (Wildman–Crippen LogP) is 10.3. The molecule has 2 unspecified atom stereocenters. The van der Waals surface area contributed by atoms with Gasteiger partial charge < -0.3 is 30.1 Å². The second-order valence-electron chi connectivity index (χ2n) is 29.5. The lowest BCUT2D eigenvalue weighted by molar-refractivity contribution is -0.248. The number of carbonyl (C=O) groups is 9. The molecule has 5 atom stereocenters. The number of benzene rings is 3. The number of ketones is 2. The molecule has 6 aliphatic rings. The molecule has 3 aromatic carbocycles. The van der Waals surface area contributed by atoms with Crippen LogP contribution in [0.3, 0.4) is 0 Å². The zero-order chi connectivity index (χ0) is 72.3. The number of aryl methyl sites for hydroxylation is 1. The van der Waals surface area contributed by atoms with Crippen LogP contribution in [0, 0.1) is 35.0 Å². The normalized spacial score (nSPS) is 21.5. The van der Waals surface area contributed by atoms with E-state index in [0.717, 1.165) is 77.0 Å². The van der Waals surface area contributed by atoms with Gasteiger partial charge in [0.15, 0.2) is 16.6 Å². The van der Waals surface area contributed by atoms with Gasteiger partial charge in [-0.3, -0.25) is 53.1 Å². The number of para-hydroxylation sites is 1. The summed E-state index contributed by atoms with van der Waals surface area (Å²) in [6.07, 6.45) is 11.6. The molecule has 6 aromatic rings. The molecule has 7 amide bonds. The van der Waals surface area contributed by atoms with Gasteiger partial charge in [-0.25, -0.2) is 24.4 Å². The lowest BCUT2D eigenvalue weighted by Gasteiger charge is -2.69. The van der Waals surface area contributed by atoms with Crippen molar-refractivity contribution in [2.45, 2.75) is 162 Å². The first kappa shape index (κ1) is 73.2. The van der Waals surface area contributed by atoms with Gasteiger partial charge in [-0.2, -0.15) is 13.5 Å². The molecular weight excluding hydrogens is 1330 g/mol. The number of pyridine rings is 1. The van der Waals surface area contributed by atoms with Crippen molar-refractivity contribution in [1.29, 1.82) is 0 Å². The highest BCUT2D eigenvalue weighted by atomic mass is 32.2. The summed E-state index contributed by atoms with van der Waals surface area (Å²) in [4.78, 5) is 131. The zero-order valence-electron chi connectivity index (χ0n) is 58.0. The summed E-state index contributed by atoms with van der Waals surface area (Å²) in [6.45, 7) is 12.9. The number of imide groups is 1. The van der Waals surface area contributed by atoms with E-state index in [-0.39, 0.29) is 103 Å².